The molecule has 1 aromatic heterocycles. The summed E-state index contributed by atoms with van der Waals surface area (Å²) >= 11 is 1.46. The predicted octanol–water partition coefficient (Wildman–Crippen LogP) is 6.70. The van der Waals surface area contributed by atoms with Gasteiger partial charge in [-0.1, -0.05) is 78.4 Å². The van der Waals surface area contributed by atoms with Gasteiger partial charge >= 0.3 is 12.1 Å². The second-order valence-corrected chi connectivity index (χ2v) is 9.63. The molecule has 35 heavy (non-hydrogen) atoms. The Morgan fingerprint density at radius 1 is 0.886 bits per heavy atom. The third-order valence-corrected chi connectivity index (χ3v) is 7.40. The van der Waals surface area contributed by atoms with Gasteiger partial charge in [-0.25, -0.2) is 9.78 Å². The number of ether oxygens (including phenoxy) is 1. The summed E-state index contributed by atoms with van der Waals surface area (Å²) in [5.74, 6) is -0.816. The van der Waals surface area contributed by atoms with E-state index >= 15 is 0 Å². The second-order valence-electron chi connectivity index (χ2n) is 8.62. The van der Waals surface area contributed by atoms with Crippen LogP contribution in [0.3, 0.4) is 0 Å². The number of para-hydroxylation sites is 1. The fourth-order valence-corrected chi connectivity index (χ4v) is 5.62. The first-order chi connectivity index (χ1) is 17.1. The Bertz CT molecular complexity index is 1290. The number of carboxylic acid groups (broad SMARTS) is 1. The van der Waals surface area contributed by atoms with Crippen LogP contribution in [0.2, 0.25) is 0 Å². The summed E-state index contributed by atoms with van der Waals surface area (Å²) in [6.45, 7) is 0.670. The van der Waals surface area contributed by atoms with Crippen molar-refractivity contribution >= 4 is 38.7 Å². The number of fused-ring (bicyclic) bond motifs is 4. The molecule has 178 valence electrons. The van der Waals surface area contributed by atoms with E-state index in [1.807, 2.05) is 48.5 Å². The number of aromatic nitrogens is 1. The molecule has 1 amide bonds. The van der Waals surface area contributed by atoms with E-state index in [0.29, 0.717) is 30.9 Å². The predicted molar refractivity (Wildman–Crippen MR) is 138 cm³/mol. The van der Waals surface area contributed by atoms with Crippen molar-refractivity contribution < 1.29 is 19.4 Å². The first kappa shape index (κ1) is 23.1. The van der Waals surface area contributed by atoms with Crippen LogP contribution >= 0.6 is 11.3 Å². The first-order valence-corrected chi connectivity index (χ1v) is 12.6. The smallest absolute Gasteiger partial charge is 0.416 e. The second kappa shape index (κ2) is 10.3. The van der Waals surface area contributed by atoms with Crippen molar-refractivity contribution in [3.05, 3.63) is 83.9 Å². The zero-order valence-electron chi connectivity index (χ0n) is 19.2. The molecule has 7 heteroatoms. The highest BCUT2D eigenvalue weighted by molar-refractivity contribution is 7.22. The van der Waals surface area contributed by atoms with Crippen molar-refractivity contribution in [1.29, 1.82) is 0 Å². The monoisotopic (exact) mass is 486 g/mol. The van der Waals surface area contributed by atoms with Gasteiger partial charge in [0.1, 0.15) is 6.61 Å². The molecule has 6 nitrogen and oxygen atoms in total. The summed E-state index contributed by atoms with van der Waals surface area (Å²) in [5.41, 5.74) is 5.55. The van der Waals surface area contributed by atoms with Gasteiger partial charge in [0.15, 0.2) is 5.13 Å². The molecule has 1 N–H and O–H groups in total. The number of benzene rings is 3. The molecule has 0 bridgehead atoms. The number of nitrogens with zero attached hydrogens (tertiary/aromatic N) is 2. The molecular weight excluding hydrogens is 460 g/mol. The number of carboxylic acids is 1. The lowest BCUT2D eigenvalue weighted by molar-refractivity contribution is -0.137. The lowest BCUT2D eigenvalue weighted by Gasteiger charge is -2.21. The van der Waals surface area contributed by atoms with E-state index in [9.17, 15) is 9.59 Å². The van der Waals surface area contributed by atoms with E-state index in [1.165, 1.54) is 33.6 Å². The molecule has 0 unspecified atom stereocenters. The SMILES string of the molecule is O=C(O)CCCCCN(C(=O)OCC1c2ccccc2-c2ccccc21)c1nc2ccccc2s1. The number of aliphatic carboxylic acids is 1. The fraction of sp³-hybridized carbons (Fsp3) is 0.250. The number of rotatable bonds is 9. The minimum atomic E-state index is -0.801. The summed E-state index contributed by atoms with van der Waals surface area (Å²) in [7, 11) is 0. The number of hydrogen-bond acceptors (Lipinski definition) is 5. The number of unbranched alkanes of at least 4 members (excludes halogenated alkanes) is 2. The van der Waals surface area contributed by atoms with Gasteiger partial charge in [-0.3, -0.25) is 9.69 Å². The standard InChI is InChI=1S/C28H26N2O4S/c31-26(32)16-2-1-9-17-30(27-29-24-14-7-8-15-25(24)35-27)28(33)34-18-23-21-12-5-3-10-19(21)20-11-4-6-13-22(20)23/h3-8,10-15,23H,1-2,9,16-18H2,(H,31,32). The van der Waals surface area contributed by atoms with Gasteiger partial charge in [-0.05, 0) is 47.2 Å². The lowest BCUT2D eigenvalue weighted by atomic mass is 9.98. The molecular formula is C28H26N2O4S. The van der Waals surface area contributed by atoms with Crippen molar-refractivity contribution in [3.8, 4) is 11.1 Å². The molecule has 0 saturated carbocycles. The first-order valence-electron chi connectivity index (χ1n) is 11.8. The van der Waals surface area contributed by atoms with Gasteiger partial charge in [0, 0.05) is 18.9 Å². The number of anilines is 1. The van der Waals surface area contributed by atoms with E-state index in [1.54, 1.807) is 4.90 Å². The highest BCUT2D eigenvalue weighted by Crippen LogP contribution is 2.44. The molecule has 1 aliphatic rings. The van der Waals surface area contributed by atoms with Crippen LogP contribution in [0.15, 0.2) is 72.8 Å². The minimum Gasteiger partial charge on any atom is -0.481 e. The third kappa shape index (κ3) is 4.91. The molecule has 0 fully saturated rings. The van der Waals surface area contributed by atoms with Gasteiger partial charge in [0.25, 0.3) is 0 Å². The Hall–Kier alpha value is -3.71. The maximum Gasteiger partial charge on any atom is 0.416 e. The average Bonchev–Trinajstić information content (AvgIpc) is 3.44. The molecule has 4 aromatic rings. The zero-order valence-corrected chi connectivity index (χ0v) is 20.0. The zero-order chi connectivity index (χ0) is 24.2. The van der Waals surface area contributed by atoms with E-state index in [-0.39, 0.29) is 18.9 Å². The number of hydrogen-bond donors (Lipinski definition) is 1. The van der Waals surface area contributed by atoms with E-state index in [0.717, 1.165) is 10.2 Å². The van der Waals surface area contributed by atoms with Crippen LogP contribution in [0.4, 0.5) is 9.93 Å². The number of thiazole rings is 1. The van der Waals surface area contributed by atoms with Crippen LogP contribution in [0.5, 0.6) is 0 Å². The number of carbonyl (C=O) groups is 2. The average molecular weight is 487 g/mol. The van der Waals surface area contributed by atoms with Crippen LogP contribution in [0.25, 0.3) is 21.3 Å². The molecule has 3 aromatic carbocycles. The summed E-state index contributed by atoms with van der Waals surface area (Å²) in [6, 6.07) is 24.3. The maximum atomic E-state index is 13.3. The molecule has 0 saturated heterocycles. The van der Waals surface area contributed by atoms with E-state index in [4.69, 9.17) is 9.84 Å². The van der Waals surface area contributed by atoms with Crippen LogP contribution in [-0.4, -0.2) is 35.3 Å². The van der Waals surface area contributed by atoms with Crippen LogP contribution in [-0.2, 0) is 9.53 Å². The summed E-state index contributed by atoms with van der Waals surface area (Å²) in [5, 5.41) is 9.49. The Kier molecular flexibility index (Phi) is 6.77. The maximum absolute atomic E-state index is 13.3. The summed E-state index contributed by atoms with van der Waals surface area (Å²) < 4.78 is 6.91. The topological polar surface area (TPSA) is 79.7 Å². The Morgan fingerprint density at radius 2 is 1.54 bits per heavy atom. The summed E-state index contributed by atoms with van der Waals surface area (Å²) in [6.07, 6.45) is 1.67. The van der Waals surface area contributed by atoms with Crippen molar-refractivity contribution in [2.75, 3.05) is 18.1 Å². The number of carbonyl (C=O) groups excluding carboxylic acids is 1. The normalized spacial score (nSPS) is 12.3. The van der Waals surface area contributed by atoms with Gasteiger partial charge in [-0.15, -0.1) is 0 Å². The minimum absolute atomic E-state index is 0.0147. The van der Waals surface area contributed by atoms with Crippen molar-refractivity contribution in [1.82, 2.24) is 4.98 Å². The fourth-order valence-electron chi connectivity index (χ4n) is 4.64. The number of amides is 1. The van der Waals surface area contributed by atoms with Crippen molar-refractivity contribution in [2.45, 2.75) is 31.6 Å². The van der Waals surface area contributed by atoms with Gasteiger partial charge in [0.05, 0.1) is 10.2 Å². The van der Waals surface area contributed by atoms with Crippen molar-refractivity contribution in [3.63, 3.8) is 0 Å². The van der Waals surface area contributed by atoms with Crippen LogP contribution < -0.4 is 4.90 Å². The van der Waals surface area contributed by atoms with E-state index < -0.39 is 12.1 Å². The largest absolute Gasteiger partial charge is 0.481 e. The van der Waals surface area contributed by atoms with E-state index in [2.05, 4.69) is 29.2 Å². The van der Waals surface area contributed by atoms with Gasteiger partial charge < -0.3 is 9.84 Å². The molecule has 0 atom stereocenters. The Labute approximate surface area is 207 Å². The van der Waals surface area contributed by atoms with Crippen LogP contribution in [0.1, 0.15) is 42.7 Å². The molecule has 1 aliphatic carbocycles. The highest BCUT2D eigenvalue weighted by Gasteiger charge is 2.30. The lowest BCUT2D eigenvalue weighted by Crippen LogP contribution is -2.33. The van der Waals surface area contributed by atoms with Gasteiger partial charge in [-0.2, -0.15) is 0 Å². The van der Waals surface area contributed by atoms with Crippen LogP contribution in [0, 0.1) is 0 Å². The highest BCUT2D eigenvalue weighted by atomic mass is 32.1. The molecule has 5 rings (SSSR count). The Morgan fingerprint density at radius 3 is 2.23 bits per heavy atom. The molecule has 1 heterocycles. The third-order valence-electron chi connectivity index (χ3n) is 6.34. The quantitative estimate of drug-likeness (QED) is 0.266. The van der Waals surface area contributed by atoms with Crippen molar-refractivity contribution in [2.24, 2.45) is 0 Å². The Balaban J connectivity index is 1.33. The molecule has 0 spiro atoms. The molecule has 0 radical (unpaired) electrons. The summed E-state index contributed by atoms with van der Waals surface area (Å²) in [4.78, 5) is 30.4. The van der Waals surface area contributed by atoms with Gasteiger partial charge in [0.2, 0.25) is 0 Å². The molecule has 0 aliphatic heterocycles.